The molecule has 3 aromatic carbocycles. The molecule has 1 aliphatic heterocycles. The third-order valence-electron chi connectivity index (χ3n) is 5.27. The number of amides is 3. The minimum absolute atomic E-state index is 0.259. The van der Waals surface area contributed by atoms with Gasteiger partial charge < -0.3 is 4.90 Å². The molecule has 1 fully saturated rings. The Morgan fingerprint density at radius 2 is 1.43 bits per heavy atom. The number of ketones is 1. The molecule has 5 nitrogen and oxygen atoms in total. The van der Waals surface area contributed by atoms with Gasteiger partial charge in [-0.15, -0.1) is 0 Å². The molecular formula is C25H22N2O3. The third-order valence-corrected chi connectivity index (χ3v) is 5.27. The van der Waals surface area contributed by atoms with E-state index in [9.17, 15) is 14.4 Å². The lowest BCUT2D eigenvalue weighted by atomic mass is 10.0. The maximum atomic E-state index is 13.2. The summed E-state index contributed by atoms with van der Waals surface area (Å²) in [6.07, 6.45) is 0. The van der Waals surface area contributed by atoms with Crippen molar-refractivity contribution in [2.24, 2.45) is 0 Å². The molecule has 3 aromatic rings. The van der Waals surface area contributed by atoms with E-state index in [0.717, 1.165) is 21.6 Å². The number of hydrogen-bond acceptors (Lipinski definition) is 3. The average molecular weight is 398 g/mol. The van der Waals surface area contributed by atoms with Gasteiger partial charge in [0.25, 0.3) is 5.91 Å². The highest BCUT2D eigenvalue weighted by Gasteiger charge is 2.46. The molecule has 0 saturated carbocycles. The summed E-state index contributed by atoms with van der Waals surface area (Å²) in [4.78, 5) is 41.8. The van der Waals surface area contributed by atoms with Gasteiger partial charge in [0.1, 0.15) is 6.04 Å². The standard InChI is InChI=1S/C25H22N2O3/c1-18-12-14-20(15-13-18)22(28)17-27-24(29)23(21-10-6-3-7-11-21)26(25(27)30)16-19-8-4-2-5-9-19/h2-15,23H,16-17H2,1H3. The molecule has 1 aliphatic rings. The molecule has 4 rings (SSSR count). The number of carbonyl (C=O) groups is 3. The maximum absolute atomic E-state index is 13.2. The molecule has 3 amide bonds. The van der Waals surface area contributed by atoms with Gasteiger partial charge in [-0.3, -0.25) is 14.5 Å². The summed E-state index contributed by atoms with van der Waals surface area (Å²) in [5.74, 6) is -0.632. The highest BCUT2D eigenvalue weighted by Crippen LogP contribution is 2.32. The van der Waals surface area contributed by atoms with E-state index in [2.05, 4.69) is 0 Å². The zero-order valence-electron chi connectivity index (χ0n) is 16.7. The van der Waals surface area contributed by atoms with Crippen molar-refractivity contribution in [3.8, 4) is 0 Å². The monoisotopic (exact) mass is 398 g/mol. The van der Waals surface area contributed by atoms with Crippen LogP contribution in [0, 0.1) is 6.92 Å². The zero-order chi connectivity index (χ0) is 21.1. The average Bonchev–Trinajstić information content (AvgIpc) is 2.99. The molecule has 30 heavy (non-hydrogen) atoms. The lowest BCUT2D eigenvalue weighted by Gasteiger charge is -2.22. The van der Waals surface area contributed by atoms with E-state index in [0.29, 0.717) is 12.1 Å². The number of Topliss-reactive ketones (excluding diaryl/α,β-unsaturated/α-hetero) is 1. The van der Waals surface area contributed by atoms with Crippen LogP contribution in [-0.4, -0.2) is 34.1 Å². The number of carbonyl (C=O) groups excluding carboxylic acids is 3. The number of benzene rings is 3. The van der Waals surface area contributed by atoms with Crippen molar-refractivity contribution >= 4 is 17.7 Å². The molecule has 0 aliphatic carbocycles. The predicted molar refractivity (Wildman–Crippen MR) is 114 cm³/mol. The van der Waals surface area contributed by atoms with Crippen molar-refractivity contribution < 1.29 is 14.4 Å². The summed E-state index contributed by atoms with van der Waals surface area (Å²) in [6.45, 7) is 1.96. The first-order valence-electron chi connectivity index (χ1n) is 9.85. The fraction of sp³-hybridized carbons (Fsp3) is 0.160. The van der Waals surface area contributed by atoms with Crippen LogP contribution in [0.1, 0.15) is 33.1 Å². The lowest BCUT2D eigenvalue weighted by molar-refractivity contribution is -0.128. The Hall–Kier alpha value is -3.73. The van der Waals surface area contributed by atoms with Crippen LogP contribution in [0.2, 0.25) is 0 Å². The normalized spacial score (nSPS) is 16.2. The van der Waals surface area contributed by atoms with Crippen LogP contribution in [0.4, 0.5) is 4.79 Å². The van der Waals surface area contributed by atoms with Gasteiger partial charge in [-0.1, -0.05) is 90.5 Å². The van der Waals surface area contributed by atoms with Gasteiger partial charge in [0.2, 0.25) is 0 Å². The Morgan fingerprint density at radius 3 is 2.07 bits per heavy atom. The third kappa shape index (κ3) is 3.87. The van der Waals surface area contributed by atoms with Gasteiger partial charge >= 0.3 is 6.03 Å². The molecule has 150 valence electrons. The second-order valence-electron chi connectivity index (χ2n) is 7.42. The summed E-state index contributed by atoms with van der Waals surface area (Å²) in [6, 6.07) is 24.7. The van der Waals surface area contributed by atoms with E-state index < -0.39 is 12.1 Å². The fourth-order valence-corrected chi connectivity index (χ4v) is 3.66. The first-order chi connectivity index (χ1) is 14.5. The second kappa shape index (κ2) is 8.33. The molecule has 0 aromatic heterocycles. The minimum Gasteiger partial charge on any atom is -0.304 e. The Morgan fingerprint density at radius 1 is 0.833 bits per heavy atom. The van der Waals surface area contributed by atoms with E-state index in [4.69, 9.17) is 0 Å². The van der Waals surface area contributed by atoms with E-state index in [1.54, 1.807) is 12.1 Å². The van der Waals surface area contributed by atoms with Gasteiger partial charge in [0.05, 0.1) is 6.54 Å². The summed E-state index contributed by atoms with van der Waals surface area (Å²) < 4.78 is 0. The highest BCUT2D eigenvalue weighted by atomic mass is 16.2. The minimum atomic E-state index is -0.746. The van der Waals surface area contributed by atoms with Crippen LogP contribution in [0.3, 0.4) is 0 Å². The summed E-state index contributed by atoms with van der Waals surface area (Å²) in [5, 5.41) is 0. The first kappa shape index (κ1) is 19.6. The molecule has 1 atom stereocenters. The van der Waals surface area contributed by atoms with E-state index in [1.807, 2.05) is 79.7 Å². The van der Waals surface area contributed by atoms with Crippen LogP contribution in [-0.2, 0) is 11.3 Å². The van der Waals surface area contributed by atoms with E-state index >= 15 is 0 Å². The largest absolute Gasteiger partial charge is 0.328 e. The van der Waals surface area contributed by atoms with Crippen LogP contribution in [0.15, 0.2) is 84.9 Å². The molecule has 1 saturated heterocycles. The topological polar surface area (TPSA) is 57.7 Å². The number of rotatable bonds is 6. The maximum Gasteiger partial charge on any atom is 0.328 e. The van der Waals surface area contributed by atoms with Gasteiger partial charge in [0.15, 0.2) is 5.78 Å². The Labute approximate surface area is 175 Å². The van der Waals surface area contributed by atoms with Crippen molar-refractivity contribution in [3.63, 3.8) is 0 Å². The van der Waals surface area contributed by atoms with Gasteiger partial charge in [-0.2, -0.15) is 0 Å². The van der Waals surface area contributed by atoms with Crippen molar-refractivity contribution in [3.05, 3.63) is 107 Å². The van der Waals surface area contributed by atoms with Gasteiger partial charge in [0, 0.05) is 12.1 Å². The Bertz CT molecular complexity index is 1060. The van der Waals surface area contributed by atoms with E-state index in [-0.39, 0.29) is 18.2 Å². The molecule has 0 spiro atoms. The van der Waals surface area contributed by atoms with Gasteiger partial charge in [-0.25, -0.2) is 4.79 Å². The molecule has 1 heterocycles. The van der Waals surface area contributed by atoms with Crippen LogP contribution >= 0.6 is 0 Å². The Balaban J connectivity index is 1.63. The van der Waals surface area contributed by atoms with Crippen molar-refractivity contribution in [2.45, 2.75) is 19.5 Å². The van der Waals surface area contributed by atoms with Gasteiger partial charge in [-0.05, 0) is 18.1 Å². The van der Waals surface area contributed by atoms with Crippen molar-refractivity contribution in [1.82, 2.24) is 9.80 Å². The van der Waals surface area contributed by atoms with Crippen LogP contribution in [0.5, 0.6) is 0 Å². The van der Waals surface area contributed by atoms with Crippen molar-refractivity contribution in [2.75, 3.05) is 6.54 Å². The zero-order valence-corrected chi connectivity index (χ0v) is 16.7. The molecule has 0 bridgehead atoms. The quantitative estimate of drug-likeness (QED) is 0.457. The number of imide groups is 1. The number of aryl methyl sites for hydroxylation is 1. The summed E-state index contributed by atoms with van der Waals surface area (Å²) in [7, 11) is 0. The molecule has 1 unspecified atom stereocenters. The Kier molecular flexibility index (Phi) is 5.44. The first-order valence-corrected chi connectivity index (χ1v) is 9.85. The molecule has 0 radical (unpaired) electrons. The fourth-order valence-electron chi connectivity index (χ4n) is 3.66. The summed E-state index contributed by atoms with van der Waals surface area (Å²) >= 11 is 0. The smallest absolute Gasteiger partial charge is 0.304 e. The highest BCUT2D eigenvalue weighted by molar-refractivity contribution is 6.09. The molecule has 5 heteroatoms. The summed E-state index contributed by atoms with van der Waals surface area (Å²) in [5.41, 5.74) is 3.18. The number of urea groups is 1. The van der Waals surface area contributed by atoms with E-state index in [1.165, 1.54) is 4.90 Å². The second-order valence-corrected chi connectivity index (χ2v) is 7.42. The number of nitrogens with zero attached hydrogens (tertiary/aromatic N) is 2. The lowest BCUT2D eigenvalue weighted by Crippen LogP contribution is -2.36. The predicted octanol–water partition coefficient (Wildman–Crippen LogP) is 4.38. The van der Waals surface area contributed by atoms with Crippen LogP contribution in [0.25, 0.3) is 0 Å². The van der Waals surface area contributed by atoms with Crippen LogP contribution < -0.4 is 0 Å². The number of hydrogen-bond donors (Lipinski definition) is 0. The SMILES string of the molecule is Cc1ccc(C(=O)CN2C(=O)C(c3ccccc3)N(Cc3ccccc3)C2=O)cc1. The molecular weight excluding hydrogens is 376 g/mol. The van der Waals surface area contributed by atoms with Crippen molar-refractivity contribution in [1.29, 1.82) is 0 Å². The molecule has 0 N–H and O–H groups in total.